The van der Waals surface area contributed by atoms with Gasteiger partial charge in [0, 0.05) is 5.57 Å². The predicted octanol–water partition coefficient (Wildman–Crippen LogP) is -0.181. The molecule has 0 saturated heterocycles. The van der Waals surface area contributed by atoms with Crippen molar-refractivity contribution in [3.63, 3.8) is 0 Å². The molecule has 0 bridgehead atoms. The number of carboxylic acids is 1. The van der Waals surface area contributed by atoms with Gasteiger partial charge >= 0.3 is 11.9 Å². The van der Waals surface area contributed by atoms with Gasteiger partial charge in [0.15, 0.2) is 6.79 Å². The first kappa shape index (κ1) is 14.3. The van der Waals surface area contributed by atoms with Gasteiger partial charge in [-0.25, -0.2) is 9.59 Å². The van der Waals surface area contributed by atoms with Crippen LogP contribution in [0.3, 0.4) is 0 Å². The van der Waals surface area contributed by atoms with Crippen molar-refractivity contribution in [3.05, 3.63) is 22.8 Å². The number of carbonyl (C=O) groups is 2. The predicted molar refractivity (Wildman–Crippen MR) is 54.4 cm³/mol. The van der Waals surface area contributed by atoms with E-state index in [0.717, 1.165) is 0 Å². The number of carbonyl (C=O) groups excluding carboxylic acids is 1. The summed E-state index contributed by atoms with van der Waals surface area (Å²) in [6, 6.07) is 0. The Labute approximate surface area is 92.5 Å². The van der Waals surface area contributed by atoms with E-state index < -0.39 is 25.3 Å². The van der Waals surface area contributed by atoms with E-state index in [1.807, 2.05) is 0 Å². The highest BCUT2D eigenvalue weighted by Crippen LogP contribution is 2.10. The molecule has 0 amide bonds. The van der Waals surface area contributed by atoms with Crippen molar-refractivity contribution in [2.24, 2.45) is 0 Å². The topological polar surface area (TPSA) is 104 Å². The molecule has 90 valence electrons. The van der Waals surface area contributed by atoms with Crippen LogP contribution in [0.1, 0.15) is 13.8 Å². The molecule has 0 spiro atoms. The first-order valence-electron chi connectivity index (χ1n) is 4.44. The summed E-state index contributed by atoms with van der Waals surface area (Å²) in [6.45, 7) is 1.44. The fraction of sp³-hybridized carbons (Fsp3) is 0.400. The maximum atomic E-state index is 11.2. The van der Waals surface area contributed by atoms with Gasteiger partial charge in [0.05, 0.1) is 12.2 Å². The molecule has 0 aliphatic heterocycles. The Kier molecular flexibility index (Phi) is 6.06. The highest BCUT2D eigenvalue weighted by molar-refractivity contribution is 5.91. The molecule has 0 unspecified atom stereocenters. The van der Waals surface area contributed by atoms with Gasteiger partial charge in [-0.15, -0.1) is 0 Å². The van der Waals surface area contributed by atoms with Crippen LogP contribution in [0, 0.1) is 0 Å². The Bertz CT molecular complexity index is 339. The second-order valence-corrected chi connectivity index (χ2v) is 3.01. The number of aliphatic carboxylic acids is 1. The van der Waals surface area contributed by atoms with E-state index >= 15 is 0 Å². The Hall–Kier alpha value is -1.66. The number of hydrogen-bond acceptors (Lipinski definition) is 5. The molecule has 0 radical (unpaired) electrons. The van der Waals surface area contributed by atoms with Gasteiger partial charge in [-0.3, -0.25) is 0 Å². The molecule has 0 rings (SSSR count). The summed E-state index contributed by atoms with van der Waals surface area (Å²) in [7, 11) is 0. The normalized spacial score (nSPS) is 13.1. The maximum absolute atomic E-state index is 11.2. The Balaban J connectivity index is 5.09. The number of carboxylic acid groups (broad SMARTS) is 1. The molecule has 0 aromatic heterocycles. The molecule has 6 nitrogen and oxygen atoms in total. The van der Waals surface area contributed by atoms with Crippen LogP contribution in [0.25, 0.3) is 0 Å². The van der Waals surface area contributed by atoms with Crippen molar-refractivity contribution < 1.29 is 29.6 Å². The highest BCUT2D eigenvalue weighted by Gasteiger charge is 2.13. The molecular weight excluding hydrogens is 216 g/mol. The van der Waals surface area contributed by atoms with Crippen molar-refractivity contribution in [3.8, 4) is 0 Å². The standard InChI is InChI=1S/C10H14O6/c1-6(3-7(2)9(13)14)8(4-11)10(15)16-5-12/h3,11-12H,4-5H2,1-2H3,(H,13,14). The summed E-state index contributed by atoms with van der Waals surface area (Å²) < 4.78 is 4.28. The van der Waals surface area contributed by atoms with E-state index in [2.05, 4.69) is 4.74 Å². The van der Waals surface area contributed by atoms with E-state index in [1.54, 1.807) is 0 Å². The Morgan fingerprint density at radius 1 is 1.25 bits per heavy atom. The van der Waals surface area contributed by atoms with Crippen molar-refractivity contribution >= 4 is 11.9 Å². The molecule has 16 heavy (non-hydrogen) atoms. The first-order valence-corrected chi connectivity index (χ1v) is 4.44. The molecule has 0 aliphatic carbocycles. The van der Waals surface area contributed by atoms with Gasteiger partial charge in [0.25, 0.3) is 0 Å². The zero-order valence-electron chi connectivity index (χ0n) is 9.06. The van der Waals surface area contributed by atoms with E-state index in [-0.39, 0.29) is 16.7 Å². The van der Waals surface area contributed by atoms with Crippen LogP contribution >= 0.6 is 0 Å². The van der Waals surface area contributed by atoms with Crippen molar-refractivity contribution in [2.45, 2.75) is 13.8 Å². The molecule has 0 heterocycles. The van der Waals surface area contributed by atoms with Gasteiger partial charge in [0.2, 0.25) is 0 Å². The third kappa shape index (κ3) is 4.24. The lowest BCUT2D eigenvalue weighted by atomic mass is 10.1. The third-order valence-electron chi connectivity index (χ3n) is 1.85. The number of hydrogen-bond donors (Lipinski definition) is 3. The van der Waals surface area contributed by atoms with Gasteiger partial charge in [-0.2, -0.15) is 0 Å². The number of ether oxygens (including phenoxy) is 1. The minimum absolute atomic E-state index is 0.0280. The lowest BCUT2D eigenvalue weighted by molar-refractivity contribution is -0.147. The van der Waals surface area contributed by atoms with Gasteiger partial charge in [0.1, 0.15) is 0 Å². The Morgan fingerprint density at radius 3 is 2.19 bits per heavy atom. The van der Waals surface area contributed by atoms with Crippen molar-refractivity contribution in [2.75, 3.05) is 13.4 Å². The number of aliphatic hydroxyl groups is 2. The van der Waals surface area contributed by atoms with Crippen LogP contribution < -0.4 is 0 Å². The van der Waals surface area contributed by atoms with Crippen LogP contribution in [0.4, 0.5) is 0 Å². The van der Waals surface area contributed by atoms with E-state index in [4.69, 9.17) is 15.3 Å². The molecule has 0 fully saturated rings. The molecule has 0 aromatic carbocycles. The minimum atomic E-state index is -1.12. The van der Waals surface area contributed by atoms with Gasteiger partial charge in [-0.05, 0) is 25.5 Å². The lowest BCUT2D eigenvalue weighted by Gasteiger charge is -2.06. The van der Waals surface area contributed by atoms with Gasteiger partial charge in [-0.1, -0.05) is 0 Å². The van der Waals surface area contributed by atoms with Crippen molar-refractivity contribution in [1.29, 1.82) is 0 Å². The zero-order valence-corrected chi connectivity index (χ0v) is 9.06. The molecular formula is C10H14O6. The molecule has 0 saturated carbocycles. The molecule has 0 aliphatic rings. The average Bonchev–Trinajstić information content (AvgIpc) is 2.18. The zero-order chi connectivity index (χ0) is 12.7. The summed E-state index contributed by atoms with van der Waals surface area (Å²) >= 11 is 0. The van der Waals surface area contributed by atoms with Crippen LogP contribution in [-0.4, -0.2) is 40.7 Å². The number of aliphatic hydroxyl groups excluding tert-OH is 2. The van der Waals surface area contributed by atoms with Crippen LogP contribution in [0.2, 0.25) is 0 Å². The maximum Gasteiger partial charge on any atom is 0.338 e. The molecule has 0 atom stereocenters. The largest absolute Gasteiger partial charge is 0.478 e. The van der Waals surface area contributed by atoms with E-state index in [9.17, 15) is 9.59 Å². The number of allylic oxidation sites excluding steroid dienone is 2. The van der Waals surface area contributed by atoms with Crippen LogP contribution in [0.5, 0.6) is 0 Å². The molecule has 0 aromatic rings. The van der Waals surface area contributed by atoms with Crippen LogP contribution in [-0.2, 0) is 14.3 Å². The second-order valence-electron chi connectivity index (χ2n) is 3.01. The fourth-order valence-corrected chi connectivity index (χ4v) is 0.970. The summed E-state index contributed by atoms with van der Waals surface area (Å²) in [5.41, 5.74) is 0.218. The molecule has 6 heteroatoms. The third-order valence-corrected chi connectivity index (χ3v) is 1.85. The van der Waals surface area contributed by atoms with E-state index in [0.29, 0.717) is 0 Å². The summed E-state index contributed by atoms with van der Waals surface area (Å²) in [4.78, 5) is 21.7. The summed E-state index contributed by atoms with van der Waals surface area (Å²) in [5.74, 6) is -2.00. The van der Waals surface area contributed by atoms with Gasteiger partial charge < -0.3 is 20.1 Å². The number of rotatable bonds is 5. The SMILES string of the molecule is CC(=CC(C)=C(CO)C(=O)OCO)C(=O)O. The van der Waals surface area contributed by atoms with E-state index in [1.165, 1.54) is 19.9 Å². The quantitative estimate of drug-likeness (QED) is 0.262. The minimum Gasteiger partial charge on any atom is -0.478 e. The first-order chi connectivity index (χ1) is 7.43. The lowest BCUT2D eigenvalue weighted by Crippen LogP contribution is -2.13. The average molecular weight is 230 g/mol. The monoisotopic (exact) mass is 230 g/mol. The smallest absolute Gasteiger partial charge is 0.338 e. The Morgan fingerprint density at radius 2 is 1.81 bits per heavy atom. The highest BCUT2D eigenvalue weighted by atomic mass is 16.6. The fourth-order valence-electron chi connectivity index (χ4n) is 0.970. The second kappa shape index (κ2) is 6.76. The van der Waals surface area contributed by atoms with Crippen molar-refractivity contribution in [1.82, 2.24) is 0 Å². The summed E-state index contributed by atoms with van der Waals surface area (Å²) in [6.07, 6.45) is 1.24. The molecule has 3 N–H and O–H groups in total. The number of esters is 1. The summed E-state index contributed by atoms with van der Waals surface area (Å²) in [5, 5.41) is 25.9. The van der Waals surface area contributed by atoms with Crippen LogP contribution in [0.15, 0.2) is 22.8 Å².